The normalized spacial score (nSPS) is 18.0. The number of hydrogen-bond donors (Lipinski definition) is 0. The zero-order chi connectivity index (χ0) is 22.2. The molecule has 0 spiro atoms. The van der Waals surface area contributed by atoms with Crippen molar-refractivity contribution in [2.75, 3.05) is 13.2 Å². The maximum atomic E-state index is 12.4. The molecule has 7 heteroatoms. The quantitative estimate of drug-likeness (QED) is 0.317. The Labute approximate surface area is 181 Å². The van der Waals surface area contributed by atoms with Crippen LogP contribution in [-0.2, 0) is 19.0 Å². The average Bonchev–Trinajstić information content (AvgIpc) is 2.66. The van der Waals surface area contributed by atoms with Gasteiger partial charge < -0.3 is 9.64 Å². The summed E-state index contributed by atoms with van der Waals surface area (Å²) in [5.41, 5.74) is 0.510. The lowest BCUT2D eigenvalue weighted by Crippen LogP contribution is -2.45. The molecule has 0 aliphatic carbocycles. The first-order valence-corrected chi connectivity index (χ1v) is 12.1. The minimum Gasteiger partial charge on any atom is -0.444 e. The number of allylic oxidation sites excluding steroid dienone is 1. The number of benzene rings is 1. The molecule has 2 rings (SSSR count). The van der Waals surface area contributed by atoms with E-state index in [1.165, 1.54) is 0 Å². The van der Waals surface area contributed by atoms with Gasteiger partial charge in [-0.25, -0.2) is 4.79 Å². The van der Waals surface area contributed by atoms with Gasteiger partial charge in [-0.2, -0.15) is 8.42 Å². The SMILES string of the molecule is Cc1ccc(S(=O)(=O)OCCC/C=C/C[C@H]2CCCCN2C(=O)OC(C)(C)C)cc1. The van der Waals surface area contributed by atoms with E-state index < -0.39 is 15.7 Å². The van der Waals surface area contributed by atoms with Crippen LogP contribution in [0.5, 0.6) is 0 Å². The highest BCUT2D eigenvalue weighted by Gasteiger charge is 2.29. The number of nitrogens with zero attached hydrogens (tertiary/aromatic N) is 1. The molecule has 1 saturated heterocycles. The van der Waals surface area contributed by atoms with Crippen LogP contribution in [0.2, 0.25) is 0 Å². The van der Waals surface area contributed by atoms with Crippen LogP contribution in [0.4, 0.5) is 4.79 Å². The molecule has 1 heterocycles. The second-order valence-corrected chi connectivity index (χ2v) is 10.4. The Hall–Kier alpha value is -1.86. The van der Waals surface area contributed by atoms with Gasteiger partial charge >= 0.3 is 6.09 Å². The first-order valence-electron chi connectivity index (χ1n) is 10.7. The highest BCUT2D eigenvalue weighted by atomic mass is 32.2. The summed E-state index contributed by atoms with van der Waals surface area (Å²) in [4.78, 5) is 14.5. The van der Waals surface area contributed by atoms with E-state index >= 15 is 0 Å². The summed E-state index contributed by atoms with van der Waals surface area (Å²) in [7, 11) is -3.70. The highest BCUT2D eigenvalue weighted by Crippen LogP contribution is 2.23. The van der Waals surface area contributed by atoms with Crippen LogP contribution in [-0.4, -0.2) is 44.2 Å². The Morgan fingerprint density at radius 1 is 1.17 bits per heavy atom. The molecule has 30 heavy (non-hydrogen) atoms. The second-order valence-electron chi connectivity index (χ2n) is 8.76. The summed E-state index contributed by atoms with van der Waals surface area (Å²) < 4.78 is 34.9. The van der Waals surface area contributed by atoms with E-state index in [4.69, 9.17) is 8.92 Å². The number of piperidine rings is 1. The van der Waals surface area contributed by atoms with Crippen molar-refractivity contribution in [3.05, 3.63) is 42.0 Å². The van der Waals surface area contributed by atoms with Crippen molar-refractivity contribution in [1.82, 2.24) is 4.90 Å². The molecule has 0 radical (unpaired) electrons. The van der Waals surface area contributed by atoms with Gasteiger partial charge in [-0.05, 0) is 78.4 Å². The predicted octanol–water partition coefficient (Wildman–Crippen LogP) is 5.22. The van der Waals surface area contributed by atoms with Gasteiger partial charge in [0.15, 0.2) is 0 Å². The lowest BCUT2D eigenvalue weighted by molar-refractivity contribution is 0.0102. The average molecular weight is 438 g/mol. The van der Waals surface area contributed by atoms with Gasteiger partial charge in [-0.1, -0.05) is 29.8 Å². The number of rotatable bonds is 8. The van der Waals surface area contributed by atoms with E-state index in [0.717, 1.165) is 44.2 Å². The number of likely N-dealkylation sites (tertiary alicyclic amines) is 1. The molecule has 0 N–H and O–H groups in total. The van der Waals surface area contributed by atoms with Gasteiger partial charge in [-0.3, -0.25) is 4.18 Å². The van der Waals surface area contributed by atoms with Crippen LogP contribution in [0.25, 0.3) is 0 Å². The number of amides is 1. The first kappa shape index (κ1) is 24.4. The lowest BCUT2D eigenvalue weighted by atomic mass is 9.99. The molecule has 1 amide bonds. The van der Waals surface area contributed by atoms with Crippen molar-refractivity contribution >= 4 is 16.2 Å². The molecule has 168 valence electrons. The van der Waals surface area contributed by atoms with Crippen LogP contribution in [0, 0.1) is 6.92 Å². The largest absolute Gasteiger partial charge is 0.444 e. The molecule has 0 saturated carbocycles. The molecule has 6 nitrogen and oxygen atoms in total. The molecule has 1 fully saturated rings. The molecule has 1 aliphatic rings. The summed E-state index contributed by atoms with van der Waals surface area (Å²) in [6, 6.07) is 6.79. The maximum Gasteiger partial charge on any atom is 0.410 e. The summed E-state index contributed by atoms with van der Waals surface area (Å²) >= 11 is 0. The second kappa shape index (κ2) is 11.0. The van der Waals surface area contributed by atoms with Gasteiger partial charge in [0.2, 0.25) is 0 Å². The van der Waals surface area contributed by atoms with Crippen molar-refractivity contribution in [3.63, 3.8) is 0 Å². The van der Waals surface area contributed by atoms with Crippen LogP contribution in [0.3, 0.4) is 0 Å². The van der Waals surface area contributed by atoms with Gasteiger partial charge in [0, 0.05) is 12.6 Å². The van der Waals surface area contributed by atoms with Crippen molar-refractivity contribution < 1.29 is 22.1 Å². The van der Waals surface area contributed by atoms with Gasteiger partial charge in [0.1, 0.15) is 5.60 Å². The Bertz CT molecular complexity index is 809. The third kappa shape index (κ3) is 8.11. The fraction of sp³-hybridized carbons (Fsp3) is 0.609. The van der Waals surface area contributed by atoms with Gasteiger partial charge in [-0.15, -0.1) is 0 Å². The zero-order valence-corrected chi connectivity index (χ0v) is 19.4. The smallest absolute Gasteiger partial charge is 0.410 e. The number of aryl methyl sites for hydroxylation is 1. The minimum absolute atomic E-state index is 0.147. The summed E-state index contributed by atoms with van der Waals surface area (Å²) in [6.45, 7) is 8.43. The third-order valence-corrected chi connectivity index (χ3v) is 6.22. The zero-order valence-electron chi connectivity index (χ0n) is 18.6. The standard InChI is InChI=1S/C23H35NO5S/c1-19-13-15-21(16-14-19)30(26,27)28-18-10-6-5-7-11-20-12-8-9-17-24(20)22(25)29-23(2,3)4/h5,7,13-16,20H,6,8-12,17-18H2,1-4H3/b7-5+/t20-/m0/s1. The molecule has 1 aliphatic heterocycles. The fourth-order valence-electron chi connectivity index (χ4n) is 3.32. The molecule has 0 bridgehead atoms. The summed E-state index contributed by atoms with van der Waals surface area (Å²) in [5, 5.41) is 0. The summed E-state index contributed by atoms with van der Waals surface area (Å²) in [5.74, 6) is 0. The lowest BCUT2D eigenvalue weighted by Gasteiger charge is -2.36. The molecule has 0 aromatic heterocycles. The number of unbranched alkanes of at least 4 members (excludes halogenated alkanes) is 1. The van der Waals surface area contributed by atoms with Crippen molar-refractivity contribution in [3.8, 4) is 0 Å². The van der Waals surface area contributed by atoms with E-state index in [0.29, 0.717) is 6.42 Å². The van der Waals surface area contributed by atoms with E-state index in [1.54, 1.807) is 24.3 Å². The first-order chi connectivity index (χ1) is 14.1. The number of ether oxygens (including phenoxy) is 1. The molecular weight excluding hydrogens is 402 g/mol. The van der Waals surface area contributed by atoms with Crippen molar-refractivity contribution in [2.24, 2.45) is 0 Å². The molecular formula is C23H35NO5S. The maximum absolute atomic E-state index is 12.4. The molecule has 1 aromatic carbocycles. The van der Waals surface area contributed by atoms with E-state index in [9.17, 15) is 13.2 Å². The van der Waals surface area contributed by atoms with E-state index in [-0.39, 0.29) is 23.6 Å². The monoisotopic (exact) mass is 437 g/mol. The Balaban J connectivity index is 1.73. The molecule has 0 unspecified atom stereocenters. The van der Waals surface area contributed by atoms with E-state index in [1.807, 2.05) is 38.7 Å². The van der Waals surface area contributed by atoms with Crippen LogP contribution < -0.4 is 0 Å². The molecule has 1 atom stereocenters. The Morgan fingerprint density at radius 2 is 1.87 bits per heavy atom. The number of carbonyl (C=O) groups is 1. The number of carbonyl (C=O) groups excluding carboxylic acids is 1. The Morgan fingerprint density at radius 3 is 2.53 bits per heavy atom. The van der Waals surface area contributed by atoms with Gasteiger partial charge in [0.05, 0.1) is 11.5 Å². The van der Waals surface area contributed by atoms with Crippen LogP contribution in [0.1, 0.15) is 64.9 Å². The fourth-order valence-corrected chi connectivity index (χ4v) is 4.26. The topological polar surface area (TPSA) is 72.9 Å². The third-order valence-electron chi connectivity index (χ3n) is 4.89. The highest BCUT2D eigenvalue weighted by molar-refractivity contribution is 7.86. The van der Waals surface area contributed by atoms with Crippen molar-refractivity contribution in [1.29, 1.82) is 0 Å². The predicted molar refractivity (Wildman–Crippen MR) is 118 cm³/mol. The van der Waals surface area contributed by atoms with E-state index in [2.05, 4.69) is 6.08 Å². The Kier molecular flexibility index (Phi) is 8.92. The van der Waals surface area contributed by atoms with Crippen LogP contribution >= 0.6 is 0 Å². The number of hydrogen-bond acceptors (Lipinski definition) is 5. The minimum atomic E-state index is -3.70. The van der Waals surface area contributed by atoms with Crippen molar-refractivity contribution in [2.45, 2.75) is 82.8 Å². The molecule has 1 aromatic rings. The van der Waals surface area contributed by atoms with Crippen LogP contribution in [0.15, 0.2) is 41.3 Å². The van der Waals surface area contributed by atoms with Gasteiger partial charge in [0.25, 0.3) is 10.1 Å². The summed E-state index contributed by atoms with van der Waals surface area (Å²) in [6.07, 6.45) is 9.07.